The van der Waals surface area contributed by atoms with Crippen LogP contribution < -0.4 is 10.1 Å². The minimum absolute atomic E-state index is 0.0156. The van der Waals surface area contributed by atoms with E-state index in [9.17, 15) is 9.18 Å². The molecule has 6 heteroatoms. The van der Waals surface area contributed by atoms with Gasteiger partial charge in [-0.3, -0.25) is 4.79 Å². The number of hydrogen-bond acceptors (Lipinski definition) is 3. The lowest BCUT2D eigenvalue weighted by molar-refractivity contribution is 0.102. The lowest BCUT2D eigenvalue weighted by Crippen LogP contribution is -2.14. The van der Waals surface area contributed by atoms with Crippen molar-refractivity contribution in [1.29, 1.82) is 0 Å². The van der Waals surface area contributed by atoms with E-state index in [1.54, 1.807) is 18.2 Å². The van der Waals surface area contributed by atoms with Crippen molar-refractivity contribution in [2.75, 3.05) is 12.4 Å². The summed E-state index contributed by atoms with van der Waals surface area (Å²) < 4.78 is 18.8. The van der Waals surface area contributed by atoms with Crippen molar-refractivity contribution >= 4 is 27.5 Å². The normalized spacial score (nSPS) is 10.1. The number of benzene rings is 1. The highest BCUT2D eigenvalue weighted by Gasteiger charge is 2.09. The quantitative estimate of drug-likeness (QED) is 0.882. The van der Waals surface area contributed by atoms with Crippen molar-refractivity contribution in [2.24, 2.45) is 0 Å². The largest absolute Gasteiger partial charge is 0.495 e. The SMILES string of the molecule is COc1cc(NC(=O)c2cccc(F)n2)ccc1Br. The second-order valence-electron chi connectivity index (χ2n) is 3.65. The van der Waals surface area contributed by atoms with Gasteiger partial charge in [0.15, 0.2) is 0 Å². The number of pyridine rings is 1. The highest BCUT2D eigenvalue weighted by atomic mass is 79.9. The molecule has 19 heavy (non-hydrogen) atoms. The van der Waals surface area contributed by atoms with Crippen LogP contribution in [0.15, 0.2) is 40.9 Å². The minimum Gasteiger partial charge on any atom is -0.495 e. The second-order valence-corrected chi connectivity index (χ2v) is 4.50. The van der Waals surface area contributed by atoms with Crippen molar-refractivity contribution < 1.29 is 13.9 Å². The summed E-state index contributed by atoms with van der Waals surface area (Å²) in [6.45, 7) is 0. The summed E-state index contributed by atoms with van der Waals surface area (Å²) in [5.74, 6) is -0.588. The van der Waals surface area contributed by atoms with Gasteiger partial charge in [-0.2, -0.15) is 4.39 Å². The molecule has 0 aliphatic carbocycles. The molecule has 1 heterocycles. The number of amides is 1. The molecule has 1 aromatic heterocycles. The molecule has 0 saturated carbocycles. The third-order valence-electron chi connectivity index (χ3n) is 2.36. The fourth-order valence-corrected chi connectivity index (χ4v) is 1.88. The van der Waals surface area contributed by atoms with Gasteiger partial charge in [0, 0.05) is 11.8 Å². The van der Waals surface area contributed by atoms with Gasteiger partial charge in [-0.05, 0) is 40.2 Å². The first-order chi connectivity index (χ1) is 9.10. The minimum atomic E-state index is -0.693. The van der Waals surface area contributed by atoms with Crippen molar-refractivity contribution in [2.45, 2.75) is 0 Å². The number of nitrogens with one attached hydrogen (secondary N) is 1. The Hall–Kier alpha value is -1.95. The highest BCUT2D eigenvalue weighted by molar-refractivity contribution is 9.10. The zero-order chi connectivity index (χ0) is 13.8. The van der Waals surface area contributed by atoms with Crippen molar-refractivity contribution in [3.63, 3.8) is 0 Å². The first kappa shape index (κ1) is 13.5. The number of ether oxygens (including phenoxy) is 1. The number of halogens is 2. The number of methoxy groups -OCH3 is 1. The Labute approximate surface area is 117 Å². The first-order valence-electron chi connectivity index (χ1n) is 5.37. The van der Waals surface area contributed by atoms with E-state index < -0.39 is 11.9 Å². The van der Waals surface area contributed by atoms with E-state index in [-0.39, 0.29) is 5.69 Å². The van der Waals surface area contributed by atoms with Crippen LogP contribution in [0.3, 0.4) is 0 Å². The Morgan fingerprint density at radius 3 is 2.84 bits per heavy atom. The maximum atomic E-state index is 12.9. The number of rotatable bonds is 3. The molecule has 1 amide bonds. The Kier molecular flexibility index (Phi) is 4.11. The molecule has 1 aromatic carbocycles. The van der Waals surface area contributed by atoms with Crippen LogP contribution in [0.1, 0.15) is 10.5 Å². The number of hydrogen-bond donors (Lipinski definition) is 1. The third-order valence-corrected chi connectivity index (χ3v) is 3.01. The van der Waals surface area contributed by atoms with E-state index in [0.29, 0.717) is 11.4 Å². The molecular weight excluding hydrogens is 315 g/mol. The van der Waals surface area contributed by atoms with Gasteiger partial charge >= 0.3 is 0 Å². The highest BCUT2D eigenvalue weighted by Crippen LogP contribution is 2.27. The van der Waals surface area contributed by atoms with Gasteiger partial charge in [0.2, 0.25) is 5.95 Å². The predicted octanol–water partition coefficient (Wildman–Crippen LogP) is 3.24. The van der Waals surface area contributed by atoms with E-state index in [1.165, 1.54) is 25.3 Å². The van der Waals surface area contributed by atoms with Crippen LogP contribution in [-0.4, -0.2) is 18.0 Å². The number of anilines is 1. The van der Waals surface area contributed by atoms with Gasteiger partial charge in [-0.15, -0.1) is 0 Å². The van der Waals surface area contributed by atoms with Crippen LogP contribution in [0, 0.1) is 5.95 Å². The van der Waals surface area contributed by atoms with Crippen LogP contribution in [0.4, 0.5) is 10.1 Å². The number of aromatic nitrogens is 1. The van der Waals surface area contributed by atoms with Gasteiger partial charge in [-0.25, -0.2) is 4.98 Å². The number of carbonyl (C=O) groups excluding carboxylic acids is 1. The molecule has 98 valence electrons. The van der Waals surface area contributed by atoms with Gasteiger partial charge in [0.1, 0.15) is 11.4 Å². The Morgan fingerprint density at radius 2 is 2.16 bits per heavy atom. The first-order valence-corrected chi connectivity index (χ1v) is 6.17. The van der Waals surface area contributed by atoms with Gasteiger partial charge < -0.3 is 10.1 Å². The second kappa shape index (κ2) is 5.79. The van der Waals surface area contributed by atoms with Crippen LogP contribution in [-0.2, 0) is 0 Å². The third kappa shape index (κ3) is 3.29. The van der Waals surface area contributed by atoms with E-state index in [0.717, 1.165) is 4.47 Å². The van der Waals surface area contributed by atoms with Crippen LogP contribution in [0.2, 0.25) is 0 Å². The summed E-state index contributed by atoms with van der Waals surface area (Å²) in [7, 11) is 1.53. The molecule has 2 aromatic rings. The Bertz CT molecular complexity index is 619. The predicted molar refractivity (Wildman–Crippen MR) is 72.8 cm³/mol. The average molecular weight is 325 g/mol. The molecule has 0 spiro atoms. The smallest absolute Gasteiger partial charge is 0.274 e. The van der Waals surface area contributed by atoms with E-state index in [1.807, 2.05) is 0 Å². The number of carbonyl (C=O) groups is 1. The zero-order valence-corrected chi connectivity index (χ0v) is 11.6. The molecule has 0 aliphatic heterocycles. The molecule has 2 rings (SSSR count). The fraction of sp³-hybridized carbons (Fsp3) is 0.0769. The summed E-state index contributed by atoms with van der Waals surface area (Å²) in [5.41, 5.74) is 0.554. The Morgan fingerprint density at radius 1 is 1.37 bits per heavy atom. The molecule has 0 bridgehead atoms. The monoisotopic (exact) mass is 324 g/mol. The maximum Gasteiger partial charge on any atom is 0.274 e. The molecular formula is C13H10BrFN2O2. The molecule has 0 aliphatic rings. The summed E-state index contributed by atoms with van der Waals surface area (Å²) in [4.78, 5) is 15.4. The lowest BCUT2D eigenvalue weighted by atomic mass is 10.2. The summed E-state index contributed by atoms with van der Waals surface area (Å²) in [6.07, 6.45) is 0. The summed E-state index contributed by atoms with van der Waals surface area (Å²) >= 11 is 3.31. The molecule has 0 unspecified atom stereocenters. The van der Waals surface area contributed by atoms with Crippen LogP contribution >= 0.6 is 15.9 Å². The average Bonchev–Trinajstić information content (AvgIpc) is 2.41. The van der Waals surface area contributed by atoms with E-state index in [4.69, 9.17) is 4.74 Å². The van der Waals surface area contributed by atoms with Crippen molar-refractivity contribution in [1.82, 2.24) is 4.98 Å². The van der Waals surface area contributed by atoms with Crippen LogP contribution in [0.25, 0.3) is 0 Å². The Balaban J connectivity index is 2.19. The molecule has 0 radical (unpaired) electrons. The lowest BCUT2D eigenvalue weighted by Gasteiger charge is -2.08. The topological polar surface area (TPSA) is 51.2 Å². The van der Waals surface area contributed by atoms with Crippen molar-refractivity contribution in [3.05, 3.63) is 52.5 Å². The zero-order valence-electron chi connectivity index (χ0n) is 9.98. The number of nitrogens with zero attached hydrogens (tertiary/aromatic N) is 1. The fourth-order valence-electron chi connectivity index (χ4n) is 1.47. The standard InChI is InChI=1S/C13H10BrFN2O2/c1-19-11-7-8(5-6-9(11)14)16-13(18)10-3-2-4-12(15)17-10/h2-7H,1H3,(H,16,18). The molecule has 4 nitrogen and oxygen atoms in total. The van der Waals surface area contributed by atoms with Gasteiger partial charge in [-0.1, -0.05) is 6.07 Å². The van der Waals surface area contributed by atoms with Crippen LogP contribution in [0.5, 0.6) is 5.75 Å². The summed E-state index contributed by atoms with van der Waals surface area (Å²) in [6, 6.07) is 9.14. The molecule has 0 atom stereocenters. The van der Waals surface area contributed by atoms with E-state index >= 15 is 0 Å². The van der Waals surface area contributed by atoms with Gasteiger partial charge in [0.25, 0.3) is 5.91 Å². The maximum absolute atomic E-state index is 12.9. The van der Waals surface area contributed by atoms with E-state index in [2.05, 4.69) is 26.2 Å². The van der Waals surface area contributed by atoms with Crippen molar-refractivity contribution in [3.8, 4) is 5.75 Å². The van der Waals surface area contributed by atoms with Gasteiger partial charge in [0.05, 0.1) is 11.6 Å². The molecule has 0 saturated heterocycles. The summed E-state index contributed by atoms with van der Waals surface area (Å²) in [5, 5.41) is 2.62. The molecule has 0 fully saturated rings. The molecule has 1 N–H and O–H groups in total.